The number of nitrogens with zero attached hydrogens (tertiary/aromatic N) is 1. The minimum atomic E-state index is -1.15. The number of carbonyl (C=O) groups is 1. The van der Waals surface area contributed by atoms with Gasteiger partial charge in [-0.25, -0.2) is 0 Å². The van der Waals surface area contributed by atoms with Crippen LogP contribution in [0.5, 0.6) is 0 Å². The molecule has 2 saturated carbocycles. The van der Waals surface area contributed by atoms with E-state index in [9.17, 15) is 15.0 Å². The normalized spacial score (nSPS) is 55.5. The molecule has 0 aromatic rings. The minimum absolute atomic E-state index is 0.00343. The van der Waals surface area contributed by atoms with Gasteiger partial charge in [-0.15, -0.1) is 0 Å². The highest BCUT2D eigenvalue weighted by atomic mass is 16.3. The van der Waals surface area contributed by atoms with E-state index in [2.05, 4.69) is 11.8 Å². The van der Waals surface area contributed by atoms with Crippen molar-refractivity contribution in [1.82, 2.24) is 4.90 Å². The van der Waals surface area contributed by atoms with Crippen molar-refractivity contribution in [3.05, 3.63) is 0 Å². The molecule has 2 heterocycles. The van der Waals surface area contributed by atoms with Crippen molar-refractivity contribution in [1.29, 1.82) is 0 Å². The number of hydrogen-bond acceptors (Lipinski definition) is 4. The molecule has 2 bridgehead atoms. The van der Waals surface area contributed by atoms with E-state index in [1.165, 1.54) is 0 Å². The van der Waals surface area contributed by atoms with Crippen LogP contribution in [0.3, 0.4) is 0 Å². The number of ketones is 1. The molecular weight excluding hydrogens is 254 g/mol. The standard InChI is InChI=1S/C16H25NO3/c1-10-9-15-12-4-2-6-17(15)7-3-5-16(15,20)13(18)8-11(12)14(10)19/h10-12,14,19-20H,2-9H2,1H3/t10-,11-,12+,14+,15+,16-/m0/s1. The molecule has 4 heteroatoms. The number of carbonyl (C=O) groups excluding carboxylic acids is 1. The quantitative estimate of drug-likeness (QED) is 0.693. The van der Waals surface area contributed by atoms with Gasteiger partial charge >= 0.3 is 0 Å². The van der Waals surface area contributed by atoms with Gasteiger partial charge in [-0.3, -0.25) is 9.69 Å². The van der Waals surface area contributed by atoms with Crippen LogP contribution in [-0.2, 0) is 4.79 Å². The maximum Gasteiger partial charge on any atom is 0.166 e. The van der Waals surface area contributed by atoms with Gasteiger partial charge in [0.2, 0.25) is 0 Å². The lowest BCUT2D eigenvalue weighted by Gasteiger charge is -2.69. The average Bonchev–Trinajstić information content (AvgIpc) is 2.42. The highest BCUT2D eigenvalue weighted by molar-refractivity contribution is 5.90. The highest BCUT2D eigenvalue weighted by Gasteiger charge is 2.71. The van der Waals surface area contributed by atoms with E-state index in [0.717, 1.165) is 38.8 Å². The molecule has 4 aliphatic rings. The van der Waals surface area contributed by atoms with Crippen LogP contribution in [-0.4, -0.2) is 51.2 Å². The third kappa shape index (κ3) is 1.31. The molecule has 4 rings (SSSR count). The maximum atomic E-state index is 12.7. The van der Waals surface area contributed by atoms with E-state index < -0.39 is 5.60 Å². The molecule has 0 unspecified atom stereocenters. The molecule has 112 valence electrons. The molecule has 0 radical (unpaired) electrons. The first kappa shape index (κ1) is 13.2. The topological polar surface area (TPSA) is 60.8 Å². The largest absolute Gasteiger partial charge is 0.393 e. The molecule has 0 amide bonds. The van der Waals surface area contributed by atoms with Gasteiger partial charge in [0.25, 0.3) is 0 Å². The van der Waals surface area contributed by atoms with Crippen molar-refractivity contribution in [3.8, 4) is 0 Å². The van der Waals surface area contributed by atoms with Crippen LogP contribution in [0.15, 0.2) is 0 Å². The summed E-state index contributed by atoms with van der Waals surface area (Å²) < 4.78 is 0. The summed E-state index contributed by atoms with van der Waals surface area (Å²) in [6.07, 6.45) is 4.50. The number of Topliss-reactive ketones (excluding diaryl/α,β-unsaturated/α-hetero) is 1. The van der Waals surface area contributed by atoms with E-state index >= 15 is 0 Å². The molecule has 20 heavy (non-hydrogen) atoms. The Hall–Kier alpha value is -0.450. The molecule has 2 aliphatic carbocycles. The van der Waals surface area contributed by atoms with Crippen molar-refractivity contribution in [2.45, 2.75) is 62.7 Å². The average molecular weight is 279 g/mol. The Labute approximate surface area is 120 Å². The van der Waals surface area contributed by atoms with Gasteiger partial charge in [-0.2, -0.15) is 0 Å². The van der Waals surface area contributed by atoms with Gasteiger partial charge in [0.1, 0.15) is 5.60 Å². The summed E-state index contributed by atoms with van der Waals surface area (Å²) in [7, 11) is 0. The third-order valence-electron chi connectivity index (χ3n) is 6.86. The molecule has 2 aliphatic heterocycles. The van der Waals surface area contributed by atoms with Gasteiger partial charge in [0, 0.05) is 6.42 Å². The zero-order valence-corrected chi connectivity index (χ0v) is 12.2. The number of rotatable bonds is 0. The van der Waals surface area contributed by atoms with Crippen molar-refractivity contribution < 1.29 is 15.0 Å². The summed E-state index contributed by atoms with van der Waals surface area (Å²) in [4.78, 5) is 15.1. The molecule has 2 N–H and O–H groups in total. The lowest BCUT2D eigenvalue weighted by atomic mass is 9.46. The lowest BCUT2D eigenvalue weighted by Crippen LogP contribution is -2.81. The fraction of sp³-hybridized carbons (Fsp3) is 0.938. The van der Waals surface area contributed by atoms with Crippen molar-refractivity contribution in [2.24, 2.45) is 17.8 Å². The zero-order chi connectivity index (χ0) is 14.1. The predicted molar refractivity (Wildman–Crippen MR) is 74.1 cm³/mol. The summed E-state index contributed by atoms with van der Waals surface area (Å²) in [5.41, 5.74) is -1.52. The molecule has 4 nitrogen and oxygen atoms in total. The maximum absolute atomic E-state index is 12.7. The number of piperidine rings is 2. The van der Waals surface area contributed by atoms with Crippen LogP contribution >= 0.6 is 0 Å². The smallest absolute Gasteiger partial charge is 0.166 e. The van der Waals surface area contributed by atoms with E-state index in [1.807, 2.05) is 0 Å². The lowest BCUT2D eigenvalue weighted by molar-refractivity contribution is -0.246. The molecular formula is C16H25NO3. The summed E-state index contributed by atoms with van der Waals surface area (Å²) in [6.45, 7) is 4.09. The number of hydrogen-bond donors (Lipinski definition) is 2. The Balaban J connectivity index is 1.89. The first-order valence-electron chi connectivity index (χ1n) is 8.19. The summed E-state index contributed by atoms with van der Waals surface area (Å²) in [5, 5.41) is 21.8. The molecule has 0 aromatic carbocycles. The first-order chi connectivity index (χ1) is 9.50. The van der Waals surface area contributed by atoms with Crippen LogP contribution in [0.4, 0.5) is 0 Å². The third-order valence-corrected chi connectivity index (χ3v) is 6.86. The summed E-state index contributed by atoms with van der Waals surface area (Å²) >= 11 is 0. The summed E-state index contributed by atoms with van der Waals surface area (Å²) in [6, 6.07) is 0. The Morgan fingerprint density at radius 1 is 1.30 bits per heavy atom. The highest BCUT2D eigenvalue weighted by Crippen LogP contribution is 2.60. The van der Waals surface area contributed by atoms with E-state index in [-0.39, 0.29) is 29.3 Å². The molecule has 6 atom stereocenters. The van der Waals surface area contributed by atoms with Crippen LogP contribution in [0, 0.1) is 17.8 Å². The van der Waals surface area contributed by atoms with E-state index in [4.69, 9.17) is 0 Å². The van der Waals surface area contributed by atoms with Gasteiger partial charge < -0.3 is 10.2 Å². The van der Waals surface area contributed by atoms with Crippen LogP contribution < -0.4 is 0 Å². The van der Waals surface area contributed by atoms with Crippen LogP contribution in [0.2, 0.25) is 0 Å². The first-order valence-corrected chi connectivity index (χ1v) is 8.19. The fourth-order valence-electron chi connectivity index (χ4n) is 6.11. The van der Waals surface area contributed by atoms with Crippen LogP contribution in [0.1, 0.15) is 45.4 Å². The number of aliphatic hydroxyl groups excluding tert-OH is 1. The second-order valence-corrected chi connectivity index (χ2v) is 7.59. The van der Waals surface area contributed by atoms with Gasteiger partial charge in [0.05, 0.1) is 11.6 Å². The Morgan fingerprint density at radius 2 is 2.05 bits per heavy atom. The number of aliphatic hydroxyl groups is 2. The Kier molecular flexibility index (Phi) is 2.68. The van der Waals surface area contributed by atoms with E-state index in [0.29, 0.717) is 18.8 Å². The van der Waals surface area contributed by atoms with E-state index in [1.54, 1.807) is 0 Å². The minimum Gasteiger partial charge on any atom is -0.393 e. The zero-order valence-electron chi connectivity index (χ0n) is 12.2. The van der Waals surface area contributed by atoms with Gasteiger partial charge in [-0.05, 0) is 62.9 Å². The predicted octanol–water partition coefficient (Wildman–Crippen LogP) is 0.952. The fourth-order valence-corrected chi connectivity index (χ4v) is 6.11. The monoisotopic (exact) mass is 279 g/mol. The van der Waals surface area contributed by atoms with Crippen molar-refractivity contribution >= 4 is 5.78 Å². The van der Waals surface area contributed by atoms with Crippen LogP contribution in [0.25, 0.3) is 0 Å². The molecule has 1 spiro atoms. The SMILES string of the molecule is C[C@H]1C[C@]23[C@@H]4CCCN2CCC[C@]3(O)C(=O)C[C@@H]4[C@@H]1O. The Morgan fingerprint density at radius 3 is 2.85 bits per heavy atom. The molecule has 2 saturated heterocycles. The Bertz CT molecular complexity index is 451. The summed E-state index contributed by atoms with van der Waals surface area (Å²) in [5.74, 6) is 0.531. The molecule has 0 aromatic heterocycles. The van der Waals surface area contributed by atoms with Gasteiger partial charge in [-0.1, -0.05) is 6.92 Å². The second-order valence-electron chi connectivity index (χ2n) is 7.59. The van der Waals surface area contributed by atoms with Gasteiger partial charge in [0.15, 0.2) is 5.78 Å². The molecule has 4 fully saturated rings. The van der Waals surface area contributed by atoms with Crippen molar-refractivity contribution in [2.75, 3.05) is 13.1 Å². The van der Waals surface area contributed by atoms with Crippen molar-refractivity contribution in [3.63, 3.8) is 0 Å². The second kappa shape index (κ2) is 4.05.